The summed E-state index contributed by atoms with van der Waals surface area (Å²) in [4.78, 5) is 30.2. The molecule has 0 atom stereocenters. The predicted molar refractivity (Wildman–Crippen MR) is 118 cm³/mol. The van der Waals surface area contributed by atoms with Crippen LogP contribution in [0.25, 0.3) is 0 Å². The van der Waals surface area contributed by atoms with Crippen LogP contribution in [-0.4, -0.2) is 80.4 Å². The lowest BCUT2D eigenvalue weighted by atomic mass is 10.1. The van der Waals surface area contributed by atoms with E-state index in [0.717, 1.165) is 31.7 Å². The molecule has 1 N–H and O–H groups in total. The number of hydrogen-bond donors (Lipinski definition) is 1. The summed E-state index contributed by atoms with van der Waals surface area (Å²) in [5.74, 6) is 0.241. The number of ether oxygens (including phenoxy) is 1. The Labute approximate surface area is 182 Å². The summed E-state index contributed by atoms with van der Waals surface area (Å²) in [6.07, 6.45) is 0. The fraction of sp³-hybridized carbons (Fsp3) is 0.391. The lowest BCUT2D eigenvalue weighted by Gasteiger charge is -2.34. The second-order valence-electron chi connectivity index (χ2n) is 7.83. The molecule has 0 unspecified atom stereocenters. The minimum absolute atomic E-state index is 0.0772. The summed E-state index contributed by atoms with van der Waals surface area (Å²) in [5, 5.41) is 2.88. The van der Waals surface area contributed by atoms with Gasteiger partial charge in [-0.3, -0.25) is 19.4 Å². The summed E-state index contributed by atoms with van der Waals surface area (Å²) in [7, 11) is 4.99. The quantitative estimate of drug-likeness (QED) is 0.733. The number of hydrogen-bond acceptors (Lipinski definition) is 5. The lowest BCUT2D eigenvalue weighted by molar-refractivity contribution is -0.117. The first-order chi connectivity index (χ1) is 14.9. The average molecular weight is 429 g/mol. The largest absolute Gasteiger partial charge is 0.496 e. The van der Waals surface area contributed by atoms with Gasteiger partial charge in [-0.15, -0.1) is 0 Å². The molecule has 3 rings (SSSR count). The van der Waals surface area contributed by atoms with Crippen molar-refractivity contribution in [1.29, 1.82) is 0 Å². The van der Waals surface area contributed by atoms with Crippen LogP contribution in [0.3, 0.4) is 0 Å². The summed E-state index contributed by atoms with van der Waals surface area (Å²) >= 11 is 0. The molecule has 1 aliphatic heterocycles. The van der Waals surface area contributed by atoms with Crippen LogP contribution in [0.4, 0.5) is 10.1 Å². The van der Waals surface area contributed by atoms with E-state index in [4.69, 9.17) is 4.74 Å². The molecule has 31 heavy (non-hydrogen) atoms. The maximum absolute atomic E-state index is 13.6. The summed E-state index contributed by atoms with van der Waals surface area (Å²) in [6.45, 7) is 3.99. The summed E-state index contributed by atoms with van der Waals surface area (Å²) in [6, 6.07) is 11.4. The van der Waals surface area contributed by atoms with E-state index in [1.807, 2.05) is 0 Å². The van der Waals surface area contributed by atoms with Gasteiger partial charge in [-0.05, 0) is 42.5 Å². The molecule has 0 saturated carbocycles. The highest BCUT2D eigenvalue weighted by Crippen LogP contribution is 2.21. The Hall–Kier alpha value is -2.97. The standard InChI is InChI=1S/C23H29FN4O3/c1-26(2)23(30)17-4-7-20(8-5-17)25-22(29)16-28-12-10-27(11-13-28)15-18-14-19(24)6-9-21(18)31-3/h4-9,14H,10-13,15-16H2,1-3H3,(H,25,29). The monoisotopic (exact) mass is 428 g/mol. The van der Waals surface area contributed by atoms with Gasteiger partial charge in [0.1, 0.15) is 11.6 Å². The topological polar surface area (TPSA) is 65.1 Å². The van der Waals surface area contributed by atoms with Crippen molar-refractivity contribution in [3.05, 3.63) is 59.4 Å². The molecule has 1 aliphatic rings. The fourth-order valence-electron chi connectivity index (χ4n) is 3.58. The van der Waals surface area contributed by atoms with Gasteiger partial charge in [-0.2, -0.15) is 0 Å². The van der Waals surface area contributed by atoms with Crippen molar-refractivity contribution in [1.82, 2.24) is 14.7 Å². The van der Waals surface area contributed by atoms with Gasteiger partial charge in [0.05, 0.1) is 13.7 Å². The van der Waals surface area contributed by atoms with Crippen LogP contribution >= 0.6 is 0 Å². The zero-order valence-corrected chi connectivity index (χ0v) is 18.2. The Morgan fingerprint density at radius 2 is 1.68 bits per heavy atom. The smallest absolute Gasteiger partial charge is 0.253 e. The number of rotatable bonds is 7. The van der Waals surface area contributed by atoms with Crippen LogP contribution in [0.5, 0.6) is 5.75 Å². The number of nitrogens with zero attached hydrogens (tertiary/aromatic N) is 3. The number of benzene rings is 2. The third kappa shape index (κ3) is 6.26. The Bertz CT molecular complexity index is 910. The second kappa shape index (κ2) is 10.4. The predicted octanol–water partition coefficient (Wildman–Crippen LogP) is 2.29. The maximum atomic E-state index is 13.6. The number of piperazine rings is 1. The zero-order valence-electron chi connectivity index (χ0n) is 18.2. The molecule has 166 valence electrons. The SMILES string of the molecule is COc1ccc(F)cc1CN1CCN(CC(=O)Nc2ccc(C(=O)N(C)C)cc2)CC1. The van der Waals surface area contributed by atoms with Crippen molar-refractivity contribution in [2.75, 3.05) is 59.2 Å². The molecule has 7 nitrogen and oxygen atoms in total. The van der Waals surface area contributed by atoms with Crippen LogP contribution in [0.1, 0.15) is 15.9 Å². The molecule has 1 heterocycles. The maximum Gasteiger partial charge on any atom is 0.253 e. The fourth-order valence-corrected chi connectivity index (χ4v) is 3.58. The zero-order chi connectivity index (χ0) is 22.4. The summed E-state index contributed by atoms with van der Waals surface area (Å²) in [5.41, 5.74) is 2.07. The van der Waals surface area contributed by atoms with Crippen LogP contribution in [0.15, 0.2) is 42.5 Å². The van der Waals surface area contributed by atoms with Crippen molar-refractivity contribution in [2.24, 2.45) is 0 Å². The molecule has 8 heteroatoms. The number of nitrogens with one attached hydrogen (secondary N) is 1. The van der Waals surface area contributed by atoms with Crippen molar-refractivity contribution in [3.8, 4) is 5.75 Å². The molecule has 1 saturated heterocycles. The molecule has 0 aromatic heterocycles. The molecule has 0 spiro atoms. The van der Waals surface area contributed by atoms with Gasteiger partial charge in [-0.1, -0.05) is 0 Å². The molecule has 0 radical (unpaired) electrons. The third-order valence-electron chi connectivity index (χ3n) is 5.29. The van der Waals surface area contributed by atoms with Gasteiger partial charge < -0.3 is 15.0 Å². The highest BCUT2D eigenvalue weighted by atomic mass is 19.1. The first-order valence-corrected chi connectivity index (χ1v) is 10.2. The molecule has 2 aromatic carbocycles. The molecule has 1 fully saturated rings. The number of halogens is 1. The van der Waals surface area contributed by atoms with Crippen LogP contribution in [0, 0.1) is 5.82 Å². The van der Waals surface area contributed by atoms with E-state index in [1.54, 1.807) is 51.5 Å². The lowest BCUT2D eigenvalue weighted by Crippen LogP contribution is -2.48. The third-order valence-corrected chi connectivity index (χ3v) is 5.29. The second-order valence-corrected chi connectivity index (χ2v) is 7.83. The molecule has 0 bridgehead atoms. The van der Waals surface area contributed by atoms with Gasteiger partial charge in [0.25, 0.3) is 5.91 Å². The van der Waals surface area contributed by atoms with Crippen LogP contribution in [0.2, 0.25) is 0 Å². The molecule has 2 amide bonds. The Morgan fingerprint density at radius 3 is 2.29 bits per heavy atom. The van der Waals surface area contributed by atoms with Crippen LogP contribution in [-0.2, 0) is 11.3 Å². The van der Waals surface area contributed by atoms with E-state index >= 15 is 0 Å². The van der Waals surface area contributed by atoms with E-state index in [2.05, 4.69) is 15.1 Å². The van der Waals surface area contributed by atoms with Crippen LogP contribution < -0.4 is 10.1 Å². The van der Waals surface area contributed by atoms with Gasteiger partial charge >= 0.3 is 0 Å². The van der Waals surface area contributed by atoms with E-state index in [0.29, 0.717) is 30.1 Å². The first kappa shape index (κ1) is 22.7. The van der Waals surface area contributed by atoms with E-state index in [9.17, 15) is 14.0 Å². The van der Waals surface area contributed by atoms with Gasteiger partial charge in [0, 0.05) is 63.6 Å². The van der Waals surface area contributed by atoms with E-state index in [1.165, 1.54) is 17.0 Å². The number of carbonyl (C=O) groups excluding carboxylic acids is 2. The normalized spacial score (nSPS) is 14.8. The summed E-state index contributed by atoms with van der Waals surface area (Å²) < 4.78 is 18.9. The molecular formula is C23H29FN4O3. The number of carbonyl (C=O) groups is 2. The van der Waals surface area contributed by atoms with Gasteiger partial charge in [0.15, 0.2) is 0 Å². The Balaban J connectivity index is 1.46. The molecule has 2 aromatic rings. The van der Waals surface area contributed by atoms with Crippen molar-refractivity contribution >= 4 is 17.5 Å². The van der Waals surface area contributed by atoms with E-state index in [-0.39, 0.29) is 17.6 Å². The highest BCUT2D eigenvalue weighted by molar-refractivity contribution is 5.96. The number of methoxy groups -OCH3 is 1. The van der Waals surface area contributed by atoms with Crippen molar-refractivity contribution in [3.63, 3.8) is 0 Å². The van der Waals surface area contributed by atoms with E-state index < -0.39 is 0 Å². The highest BCUT2D eigenvalue weighted by Gasteiger charge is 2.20. The average Bonchev–Trinajstić information content (AvgIpc) is 2.75. The molecule has 0 aliphatic carbocycles. The number of anilines is 1. The van der Waals surface area contributed by atoms with Crippen molar-refractivity contribution < 1.29 is 18.7 Å². The number of amides is 2. The minimum Gasteiger partial charge on any atom is -0.496 e. The van der Waals surface area contributed by atoms with Gasteiger partial charge in [-0.25, -0.2) is 4.39 Å². The minimum atomic E-state index is -0.273. The first-order valence-electron chi connectivity index (χ1n) is 10.2. The van der Waals surface area contributed by atoms with Gasteiger partial charge in [0.2, 0.25) is 5.91 Å². The Morgan fingerprint density at radius 1 is 1.03 bits per heavy atom. The molecular weight excluding hydrogens is 399 g/mol. The van der Waals surface area contributed by atoms with Crippen molar-refractivity contribution in [2.45, 2.75) is 6.54 Å². The Kier molecular flexibility index (Phi) is 7.59.